The second-order valence-corrected chi connectivity index (χ2v) is 7.12. The maximum Gasteiger partial charge on any atom is 0.338 e. The molecule has 146 valence electrons. The van der Waals surface area contributed by atoms with Gasteiger partial charge < -0.3 is 9.47 Å². The lowest BCUT2D eigenvalue weighted by molar-refractivity contribution is -0.131. The number of hydrogen-bond donors (Lipinski definition) is 0. The maximum atomic E-state index is 12.2. The number of ketones is 1. The van der Waals surface area contributed by atoms with E-state index in [9.17, 15) is 14.4 Å². The topological polar surface area (TPSA) is 69.7 Å². The average molecular weight is 453 g/mol. The smallest absolute Gasteiger partial charge is 0.338 e. The molecule has 0 saturated heterocycles. The van der Waals surface area contributed by atoms with Gasteiger partial charge in [0.05, 0.1) is 5.56 Å². The molecule has 0 N–H and O–H groups in total. The van der Waals surface area contributed by atoms with Gasteiger partial charge >= 0.3 is 11.9 Å². The van der Waals surface area contributed by atoms with Crippen LogP contribution in [0.1, 0.15) is 27.6 Å². The van der Waals surface area contributed by atoms with E-state index in [1.165, 1.54) is 6.92 Å². The van der Waals surface area contributed by atoms with E-state index in [-0.39, 0.29) is 18.4 Å². The van der Waals surface area contributed by atoms with Crippen molar-refractivity contribution in [3.05, 3.63) is 88.4 Å². The third-order valence-electron chi connectivity index (χ3n) is 4.07. The minimum Gasteiger partial charge on any atom is -0.454 e. The molecule has 0 fully saturated rings. The summed E-state index contributed by atoms with van der Waals surface area (Å²) >= 11 is 3.31. The lowest BCUT2D eigenvalue weighted by atomic mass is 10.0. The second-order valence-electron chi connectivity index (χ2n) is 6.20. The monoisotopic (exact) mass is 452 g/mol. The summed E-state index contributed by atoms with van der Waals surface area (Å²) in [4.78, 5) is 35.3. The van der Waals surface area contributed by atoms with Gasteiger partial charge in [0.2, 0.25) is 0 Å². The molecule has 0 aliphatic carbocycles. The van der Waals surface area contributed by atoms with Crippen molar-refractivity contribution < 1.29 is 23.9 Å². The maximum absolute atomic E-state index is 12.2. The van der Waals surface area contributed by atoms with Crippen molar-refractivity contribution in [2.75, 3.05) is 6.61 Å². The Morgan fingerprint density at radius 3 is 1.83 bits per heavy atom. The molecule has 0 bridgehead atoms. The standard InChI is InChI=1S/C23H17BrO5/c1-15(25)29-21-12-8-17(9-13-21)16-2-4-19(5-3-16)23(27)28-14-22(26)18-6-10-20(24)11-7-18/h2-13H,14H2,1H3. The quantitative estimate of drug-likeness (QED) is 0.296. The first-order valence-corrected chi connectivity index (χ1v) is 9.56. The molecule has 0 aliphatic rings. The number of rotatable bonds is 6. The van der Waals surface area contributed by atoms with E-state index in [0.29, 0.717) is 16.9 Å². The van der Waals surface area contributed by atoms with E-state index in [0.717, 1.165) is 15.6 Å². The van der Waals surface area contributed by atoms with Crippen LogP contribution >= 0.6 is 15.9 Å². The molecule has 5 nitrogen and oxygen atoms in total. The second kappa shape index (κ2) is 9.30. The first kappa shape index (κ1) is 20.5. The van der Waals surface area contributed by atoms with Gasteiger partial charge in [-0.2, -0.15) is 0 Å². The van der Waals surface area contributed by atoms with E-state index in [1.807, 2.05) is 12.1 Å². The van der Waals surface area contributed by atoms with Crippen molar-refractivity contribution in [1.82, 2.24) is 0 Å². The molecular weight excluding hydrogens is 436 g/mol. The molecule has 0 atom stereocenters. The van der Waals surface area contributed by atoms with Crippen molar-refractivity contribution in [1.29, 1.82) is 0 Å². The summed E-state index contributed by atoms with van der Waals surface area (Å²) in [6.07, 6.45) is 0. The van der Waals surface area contributed by atoms with Gasteiger partial charge in [0.15, 0.2) is 12.4 Å². The van der Waals surface area contributed by atoms with Crippen molar-refractivity contribution >= 4 is 33.7 Å². The molecule has 0 saturated carbocycles. The molecule has 0 amide bonds. The average Bonchev–Trinajstić information content (AvgIpc) is 2.72. The molecule has 3 aromatic rings. The number of carbonyl (C=O) groups excluding carboxylic acids is 3. The van der Waals surface area contributed by atoms with Gasteiger partial charge in [-0.3, -0.25) is 9.59 Å². The fraction of sp³-hybridized carbons (Fsp3) is 0.0870. The number of benzene rings is 3. The number of ether oxygens (including phenoxy) is 2. The van der Waals surface area contributed by atoms with Gasteiger partial charge in [0.1, 0.15) is 5.75 Å². The molecule has 0 spiro atoms. The largest absolute Gasteiger partial charge is 0.454 e. The summed E-state index contributed by atoms with van der Waals surface area (Å²) in [6, 6.07) is 20.7. The third kappa shape index (κ3) is 5.62. The Kier molecular flexibility index (Phi) is 6.57. The van der Waals surface area contributed by atoms with Crippen LogP contribution in [-0.4, -0.2) is 24.3 Å². The molecule has 6 heteroatoms. The van der Waals surface area contributed by atoms with E-state index in [4.69, 9.17) is 9.47 Å². The number of esters is 2. The van der Waals surface area contributed by atoms with Gasteiger partial charge in [0.25, 0.3) is 0 Å². The summed E-state index contributed by atoms with van der Waals surface area (Å²) < 4.78 is 11.0. The van der Waals surface area contributed by atoms with Crippen molar-refractivity contribution in [2.24, 2.45) is 0 Å². The third-order valence-corrected chi connectivity index (χ3v) is 4.60. The number of hydrogen-bond acceptors (Lipinski definition) is 5. The van der Waals surface area contributed by atoms with E-state index >= 15 is 0 Å². The van der Waals surface area contributed by atoms with Crippen molar-refractivity contribution in [2.45, 2.75) is 6.92 Å². The van der Waals surface area contributed by atoms with Gasteiger partial charge in [-0.25, -0.2) is 4.79 Å². The lowest BCUT2D eigenvalue weighted by Gasteiger charge is -2.07. The fourth-order valence-electron chi connectivity index (χ4n) is 2.61. The summed E-state index contributed by atoms with van der Waals surface area (Å²) in [5.41, 5.74) is 2.63. The Labute approximate surface area is 176 Å². The molecule has 3 rings (SSSR count). The summed E-state index contributed by atoms with van der Waals surface area (Å²) in [7, 11) is 0. The molecule has 0 aromatic heterocycles. The van der Waals surface area contributed by atoms with Crippen LogP contribution in [0, 0.1) is 0 Å². The Hall–Kier alpha value is -3.25. The van der Waals surface area contributed by atoms with Crippen LogP contribution in [-0.2, 0) is 9.53 Å². The predicted molar refractivity (Wildman–Crippen MR) is 112 cm³/mol. The fourth-order valence-corrected chi connectivity index (χ4v) is 2.88. The summed E-state index contributed by atoms with van der Waals surface area (Å²) in [5.74, 6) is -0.737. The highest BCUT2D eigenvalue weighted by Gasteiger charge is 2.12. The SMILES string of the molecule is CC(=O)Oc1ccc(-c2ccc(C(=O)OCC(=O)c3ccc(Br)cc3)cc2)cc1. The Bertz CT molecular complexity index is 1020. The normalized spacial score (nSPS) is 10.3. The van der Waals surface area contributed by atoms with Crippen LogP contribution in [0.15, 0.2) is 77.3 Å². The Balaban J connectivity index is 1.60. The first-order chi connectivity index (χ1) is 13.9. The van der Waals surface area contributed by atoms with Crippen molar-refractivity contribution in [3.63, 3.8) is 0 Å². The lowest BCUT2D eigenvalue weighted by Crippen LogP contribution is -2.14. The van der Waals surface area contributed by atoms with Gasteiger partial charge in [-0.05, 0) is 47.5 Å². The zero-order chi connectivity index (χ0) is 20.8. The van der Waals surface area contributed by atoms with Crippen LogP contribution in [0.3, 0.4) is 0 Å². The van der Waals surface area contributed by atoms with Crippen LogP contribution in [0.5, 0.6) is 5.75 Å². The van der Waals surface area contributed by atoms with Crippen LogP contribution in [0.4, 0.5) is 0 Å². The predicted octanol–water partition coefficient (Wildman–Crippen LogP) is 5.08. The summed E-state index contributed by atoms with van der Waals surface area (Å²) in [6.45, 7) is 1.03. The molecule has 0 heterocycles. The van der Waals surface area contributed by atoms with E-state index < -0.39 is 5.97 Å². The van der Waals surface area contributed by atoms with Crippen LogP contribution < -0.4 is 4.74 Å². The molecular formula is C23H17BrO5. The minimum absolute atomic E-state index is 0.268. The highest BCUT2D eigenvalue weighted by molar-refractivity contribution is 9.10. The molecule has 3 aromatic carbocycles. The first-order valence-electron chi connectivity index (χ1n) is 8.77. The van der Waals surface area contributed by atoms with Gasteiger partial charge in [0, 0.05) is 17.0 Å². The molecule has 29 heavy (non-hydrogen) atoms. The molecule has 0 aliphatic heterocycles. The molecule has 0 radical (unpaired) electrons. The van der Waals surface area contributed by atoms with E-state index in [2.05, 4.69) is 15.9 Å². The molecule has 0 unspecified atom stereocenters. The van der Waals surface area contributed by atoms with E-state index in [1.54, 1.807) is 60.7 Å². The van der Waals surface area contributed by atoms with Crippen molar-refractivity contribution in [3.8, 4) is 16.9 Å². The Morgan fingerprint density at radius 1 is 0.759 bits per heavy atom. The number of halogens is 1. The summed E-state index contributed by atoms with van der Waals surface area (Å²) in [5, 5.41) is 0. The number of Topliss-reactive ketones (excluding diaryl/α,β-unsaturated/α-hetero) is 1. The van der Waals surface area contributed by atoms with Gasteiger partial charge in [-0.1, -0.05) is 52.3 Å². The highest BCUT2D eigenvalue weighted by Crippen LogP contribution is 2.23. The van der Waals surface area contributed by atoms with Crippen LogP contribution in [0.2, 0.25) is 0 Å². The highest BCUT2D eigenvalue weighted by atomic mass is 79.9. The van der Waals surface area contributed by atoms with Crippen LogP contribution in [0.25, 0.3) is 11.1 Å². The number of carbonyl (C=O) groups is 3. The zero-order valence-electron chi connectivity index (χ0n) is 15.6. The zero-order valence-corrected chi connectivity index (χ0v) is 17.1. The Morgan fingerprint density at radius 2 is 1.28 bits per heavy atom. The van der Waals surface area contributed by atoms with Gasteiger partial charge in [-0.15, -0.1) is 0 Å². The minimum atomic E-state index is -0.563.